The zero-order valence-electron chi connectivity index (χ0n) is 10.5. The van der Waals surface area contributed by atoms with Crippen LogP contribution in [0.5, 0.6) is 0 Å². The van der Waals surface area contributed by atoms with Crippen molar-refractivity contribution in [1.82, 2.24) is 0 Å². The van der Waals surface area contributed by atoms with Crippen molar-refractivity contribution in [2.45, 2.75) is 41.0 Å². The first kappa shape index (κ1) is 14.7. The van der Waals surface area contributed by atoms with Crippen LogP contribution in [-0.4, -0.2) is 22.2 Å². The molecule has 0 aliphatic carbocycles. The normalized spacial score (nSPS) is 13.6. The second-order valence-corrected chi connectivity index (χ2v) is 5.31. The molecular formula is C12H20O4. The molecule has 4 heteroatoms. The van der Waals surface area contributed by atoms with Crippen molar-refractivity contribution in [3.63, 3.8) is 0 Å². The van der Waals surface area contributed by atoms with E-state index in [2.05, 4.69) is 0 Å². The monoisotopic (exact) mass is 228 g/mol. The fourth-order valence-corrected chi connectivity index (χ4v) is 1.61. The third kappa shape index (κ3) is 4.04. The predicted octanol–water partition coefficient (Wildman–Crippen LogP) is 2.54. The third-order valence-electron chi connectivity index (χ3n) is 2.14. The van der Waals surface area contributed by atoms with Crippen molar-refractivity contribution in [3.05, 3.63) is 11.1 Å². The highest BCUT2D eigenvalue weighted by molar-refractivity contribution is 5.99. The van der Waals surface area contributed by atoms with Crippen molar-refractivity contribution in [1.29, 1.82) is 0 Å². The summed E-state index contributed by atoms with van der Waals surface area (Å²) >= 11 is 0. The summed E-state index contributed by atoms with van der Waals surface area (Å²) in [6.45, 7) is 8.86. The summed E-state index contributed by atoms with van der Waals surface area (Å²) in [6, 6.07) is 0. The Kier molecular flexibility index (Phi) is 4.72. The Morgan fingerprint density at radius 3 is 1.69 bits per heavy atom. The van der Waals surface area contributed by atoms with Crippen LogP contribution < -0.4 is 0 Å². The van der Waals surface area contributed by atoms with Crippen molar-refractivity contribution in [2.24, 2.45) is 11.3 Å². The van der Waals surface area contributed by atoms with Crippen LogP contribution in [0.4, 0.5) is 0 Å². The summed E-state index contributed by atoms with van der Waals surface area (Å²) in [5.74, 6) is -2.17. The minimum atomic E-state index is -1.15. The lowest BCUT2D eigenvalue weighted by atomic mass is 9.81. The molecular weight excluding hydrogens is 208 g/mol. The van der Waals surface area contributed by atoms with Gasteiger partial charge in [-0.2, -0.15) is 0 Å². The maximum absolute atomic E-state index is 11.2. The minimum Gasteiger partial charge on any atom is -0.478 e. The molecule has 0 saturated heterocycles. The standard InChI is InChI=1S/C12H20O4/c1-7(2)6-8(10(13)14)9(11(15)16)12(3,4)5/h7H,6H2,1-5H3,(H,13,14)(H,15,16)/b9-8-. The topological polar surface area (TPSA) is 74.6 Å². The average molecular weight is 228 g/mol. The van der Waals surface area contributed by atoms with Crippen LogP contribution in [-0.2, 0) is 9.59 Å². The molecule has 0 saturated carbocycles. The van der Waals surface area contributed by atoms with Crippen LogP contribution in [0.2, 0.25) is 0 Å². The van der Waals surface area contributed by atoms with Crippen molar-refractivity contribution < 1.29 is 19.8 Å². The van der Waals surface area contributed by atoms with Crippen LogP contribution in [0.1, 0.15) is 41.0 Å². The Labute approximate surface area is 96.0 Å². The van der Waals surface area contributed by atoms with Gasteiger partial charge in [-0.25, -0.2) is 9.59 Å². The van der Waals surface area contributed by atoms with E-state index in [9.17, 15) is 9.59 Å². The molecule has 0 rings (SSSR count). The molecule has 0 aromatic heterocycles. The zero-order valence-corrected chi connectivity index (χ0v) is 10.5. The second-order valence-electron chi connectivity index (χ2n) is 5.31. The number of hydrogen-bond acceptors (Lipinski definition) is 2. The summed E-state index contributed by atoms with van der Waals surface area (Å²) in [4.78, 5) is 22.3. The first-order valence-electron chi connectivity index (χ1n) is 5.27. The van der Waals surface area contributed by atoms with Gasteiger partial charge in [-0.15, -0.1) is 0 Å². The Morgan fingerprint density at radius 1 is 1.06 bits per heavy atom. The van der Waals surface area contributed by atoms with Gasteiger partial charge in [-0.05, 0) is 17.8 Å². The van der Waals surface area contributed by atoms with Crippen molar-refractivity contribution in [3.8, 4) is 0 Å². The van der Waals surface area contributed by atoms with Gasteiger partial charge in [0.15, 0.2) is 0 Å². The maximum Gasteiger partial charge on any atom is 0.332 e. The lowest BCUT2D eigenvalue weighted by Crippen LogP contribution is -2.23. The molecule has 0 aromatic carbocycles. The fraction of sp³-hybridized carbons (Fsp3) is 0.667. The van der Waals surface area contributed by atoms with Gasteiger partial charge in [0.1, 0.15) is 0 Å². The molecule has 0 aliphatic heterocycles. The smallest absolute Gasteiger partial charge is 0.332 e. The van der Waals surface area contributed by atoms with E-state index in [1.807, 2.05) is 13.8 Å². The molecule has 0 amide bonds. The van der Waals surface area contributed by atoms with Crippen molar-refractivity contribution >= 4 is 11.9 Å². The maximum atomic E-state index is 11.2. The van der Waals surface area contributed by atoms with E-state index >= 15 is 0 Å². The van der Waals surface area contributed by atoms with E-state index in [-0.39, 0.29) is 23.5 Å². The second kappa shape index (κ2) is 5.14. The van der Waals surface area contributed by atoms with Crippen LogP contribution in [0.25, 0.3) is 0 Å². The molecule has 0 atom stereocenters. The Hall–Kier alpha value is -1.32. The lowest BCUT2D eigenvalue weighted by Gasteiger charge is -2.22. The largest absolute Gasteiger partial charge is 0.478 e. The Morgan fingerprint density at radius 2 is 1.50 bits per heavy atom. The molecule has 0 radical (unpaired) electrons. The van der Waals surface area contributed by atoms with E-state index in [0.29, 0.717) is 0 Å². The van der Waals surface area contributed by atoms with Gasteiger partial charge in [0.2, 0.25) is 0 Å². The fourth-order valence-electron chi connectivity index (χ4n) is 1.61. The molecule has 16 heavy (non-hydrogen) atoms. The van der Waals surface area contributed by atoms with Crippen molar-refractivity contribution in [2.75, 3.05) is 0 Å². The van der Waals surface area contributed by atoms with Crippen LogP contribution in [0.3, 0.4) is 0 Å². The molecule has 0 fully saturated rings. The minimum absolute atomic E-state index is 0.00583. The molecule has 0 spiro atoms. The highest BCUT2D eigenvalue weighted by Gasteiger charge is 2.30. The van der Waals surface area contributed by atoms with Gasteiger partial charge in [0, 0.05) is 5.57 Å². The Bertz CT molecular complexity index is 318. The summed E-state index contributed by atoms with van der Waals surface area (Å²) in [7, 11) is 0. The predicted molar refractivity (Wildman–Crippen MR) is 61.2 cm³/mol. The highest BCUT2D eigenvalue weighted by Crippen LogP contribution is 2.31. The molecule has 4 nitrogen and oxygen atoms in total. The summed E-state index contributed by atoms with van der Waals surface area (Å²) in [5.41, 5.74) is -0.669. The first-order chi connectivity index (χ1) is 7.07. The van der Waals surface area contributed by atoms with E-state index in [4.69, 9.17) is 10.2 Å². The van der Waals surface area contributed by atoms with E-state index in [0.717, 1.165) is 0 Å². The van der Waals surface area contributed by atoms with Gasteiger partial charge in [-0.3, -0.25) is 0 Å². The zero-order chi connectivity index (χ0) is 13.1. The quantitative estimate of drug-likeness (QED) is 0.725. The summed E-state index contributed by atoms with van der Waals surface area (Å²) in [5, 5.41) is 18.2. The van der Waals surface area contributed by atoms with Gasteiger partial charge in [-0.1, -0.05) is 34.6 Å². The van der Waals surface area contributed by atoms with Crippen LogP contribution >= 0.6 is 0 Å². The Balaban J connectivity index is 5.65. The molecule has 0 heterocycles. The highest BCUT2D eigenvalue weighted by atomic mass is 16.4. The van der Waals surface area contributed by atoms with Gasteiger partial charge >= 0.3 is 11.9 Å². The van der Waals surface area contributed by atoms with Gasteiger partial charge < -0.3 is 10.2 Å². The van der Waals surface area contributed by atoms with E-state index in [1.54, 1.807) is 20.8 Å². The molecule has 2 N–H and O–H groups in total. The molecule has 0 aliphatic rings. The van der Waals surface area contributed by atoms with Crippen LogP contribution in [0.15, 0.2) is 11.1 Å². The molecule has 0 aromatic rings. The third-order valence-corrected chi connectivity index (χ3v) is 2.14. The lowest BCUT2D eigenvalue weighted by molar-refractivity contribution is -0.137. The number of carboxylic acid groups (broad SMARTS) is 2. The number of rotatable bonds is 4. The SMILES string of the molecule is CC(C)C/C(C(=O)O)=C(\C(=O)O)C(C)(C)C. The summed E-state index contributed by atoms with van der Waals surface area (Å²) < 4.78 is 0. The van der Waals surface area contributed by atoms with Gasteiger partial charge in [0.05, 0.1) is 5.57 Å². The molecule has 92 valence electrons. The summed E-state index contributed by atoms with van der Waals surface area (Å²) in [6.07, 6.45) is 0.272. The number of carbonyl (C=O) groups is 2. The van der Waals surface area contributed by atoms with Crippen LogP contribution in [0, 0.1) is 11.3 Å². The average Bonchev–Trinajstić information content (AvgIpc) is 1.97. The first-order valence-corrected chi connectivity index (χ1v) is 5.27. The van der Waals surface area contributed by atoms with E-state index in [1.165, 1.54) is 0 Å². The number of carboxylic acids is 2. The molecule has 0 bridgehead atoms. The number of hydrogen-bond donors (Lipinski definition) is 2. The van der Waals surface area contributed by atoms with E-state index < -0.39 is 17.4 Å². The number of aliphatic carboxylic acids is 2. The molecule has 0 unspecified atom stereocenters. The van der Waals surface area contributed by atoms with Gasteiger partial charge in [0.25, 0.3) is 0 Å².